The molecular weight excluding hydrogens is 496 g/mol. The van der Waals surface area contributed by atoms with Crippen molar-refractivity contribution in [3.05, 3.63) is 114 Å². The molecule has 2 fully saturated rings. The molecular formula is C40H38O. The summed E-state index contributed by atoms with van der Waals surface area (Å²) in [5.41, 5.74) is 7.14. The highest BCUT2D eigenvalue weighted by atomic mass is 16.5. The number of hydrogen-bond donors (Lipinski definition) is 0. The summed E-state index contributed by atoms with van der Waals surface area (Å²) in [6, 6.07) is 29.6. The Kier molecular flexibility index (Phi) is 5.56. The first-order valence-corrected chi connectivity index (χ1v) is 16.1. The van der Waals surface area contributed by atoms with Crippen LogP contribution in [0.1, 0.15) is 56.9 Å². The maximum Gasteiger partial charge on any atom is 0.102 e. The zero-order valence-corrected chi connectivity index (χ0v) is 23.8. The van der Waals surface area contributed by atoms with Gasteiger partial charge in [-0.25, -0.2) is 0 Å². The highest BCUT2D eigenvalue weighted by Crippen LogP contribution is 2.58. The van der Waals surface area contributed by atoms with Crippen LogP contribution in [-0.2, 0) is 4.74 Å². The minimum absolute atomic E-state index is 0.428. The Hall–Kier alpha value is -3.58. The van der Waals surface area contributed by atoms with Crippen molar-refractivity contribution >= 4 is 27.1 Å². The number of benzene rings is 4. The molecule has 0 aromatic heterocycles. The molecule has 0 amide bonds. The van der Waals surface area contributed by atoms with Crippen molar-refractivity contribution in [2.24, 2.45) is 29.6 Å². The second-order valence-electron chi connectivity index (χ2n) is 13.4. The van der Waals surface area contributed by atoms with Gasteiger partial charge in [0.25, 0.3) is 0 Å². The predicted octanol–water partition coefficient (Wildman–Crippen LogP) is 10.5. The van der Waals surface area contributed by atoms with Gasteiger partial charge in [-0.3, -0.25) is 0 Å². The lowest BCUT2D eigenvalue weighted by Gasteiger charge is -2.56. The van der Waals surface area contributed by atoms with E-state index < -0.39 is 0 Å². The molecule has 204 valence electrons. The van der Waals surface area contributed by atoms with Crippen LogP contribution in [0.3, 0.4) is 0 Å². The molecule has 5 aliphatic rings. The van der Waals surface area contributed by atoms with E-state index in [1.807, 2.05) is 0 Å². The predicted molar refractivity (Wildman–Crippen MR) is 170 cm³/mol. The van der Waals surface area contributed by atoms with E-state index in [1.165, 1.54) is 82.5 Å². The molecule has 0 spiro atoms. The number of ether oxygens (including phenoxy) is 1. The topological polar surface area (TPSA) is 9.23 Å². The van der Waals surface area contributed by atoms with Crippen LogP contribution in [0.15, 0.2) is 108 Å². The van der Waals surface area contributed by atoms with Gasteiger partial charge in [-0.05, 0) is 130 Å². The molecule has 1 heterocycles. The fourth-order valence-electron chi connectivity index (χ4n) is 9.52. The number of hydrogen-bond acceptors (Lipinski definition) is 1. The normalized spacial score (nSPS) is 30.3. The molecule has 9 rings (SSSR count). The Bertz CT molecular complexity index is 1770. The van der Waals surface area contributed by atoms with Crippen LogP contribution in [0.2, 0.25) is 0 Å². The van der Waals surface area contributed by atoms with Gasteiger partial charge in [0.2, 0.25) is 0 Å². The summed E-state index contributed by atoms with van der Waals surface area (Å²) in [7, 11) is 0. The molecule has 0 saturated heterocycles. The van der Waals surface area contributed by atoms with E-state index in [0.717, 1.165) is 36.5 Å². The maximum absolute atomic E-state index is 6.85. The van der Waals surface area contributed by atoms with Crippen molar-refractivity contribution in [2.75, 3.05) is 0 Å². The monoisotopic (exact) mass is 534 g/mol. The molecule has 4 aromatic carbocycles. The van der Waals surface area contributed by atoms with Crippen LogP contribution >= 0.6 is 0 Å². The molecule has 6 atom stereocenters. The van der Waals surface area contributed by atoms with Crippen molar-refractivity contribution in [3.63, 3.8) is 0 Å². The van der Waals surface area contributed by atoms with E-state index in [2.05, 4.69) is 97.1 Å². The third kappa shape index (κ3) is 3.96. The standard InChI is InChI=1S/C40H38O/c1-2-7-26-20-27(13-12-25(26)6-1)28-14-15-30-22-31(17-16-29(30)21-28)32-18-19-34-33(23-32)24-39-40-36(34)9-5-10-37(40)35-8-3-4-11-38(35)41-39/h1-3,6-8,12-17,20-23,33-34,36-37,39-40H,4-5,9-11,18-19,24H2. The fraction of sp³-hybridized carbons (Fsp3) is 0.350. The average Bonchev–Trinajstić information content (AvgIpc) is 3.04. The first kappa shape index (κ1) is 24.1. The molecule has 1 heteroatoms. The third-order valence-corrected chi connectivity index (χ3v) is 11.4. The molecule has 1 aliphatic heterocycles. The number of fused-ring (bicyclic) bond motifs is 5. The SMILES string of the molecule is C1=CC2=C(CC1)OC1CC3C=C(c4ccc5cc(-c6ccc7ccccc7c6)ccc5c4)CCC3C3CCCC2C13. The van der Waals surface area contributed by atoms with Crippen LogP contribution in [-0.4, -0.2) is 6.10 Å². The van der Waals surface area contributed by atoms with Crippen LogP contribution in [0.4, 0.5) is 0 Å². The molecule has 0 N–H and O–H groups in total. The zero-order chi connectivity index (χ0) is 26.9. The Morgan fingerprint density at radius 1 is 0.659 bits per heavy atom. The second-order valence-corrected chi connectivity index (χ2v) is 13.4. The van der Waals surface area contributed by atoms with Gasteiger partial charge >= 0.3 is 0 Å². The number of rotatable bonds is 2. The summed E-state index contributed by atoms with van der Waals surface area (Å²) in [4.78, 5) is 0. The first-order chi connectivity index (χ1) is 20.3. The summed E-state index contributed by atoms with van der Waals surface area (Å²) >= 11 is 0. The zero-order valence-electron chi connectivity index (χ0n) is 23.8. The van der Waals surface area contributed by atoms with Gasteiger partial charge < -0.3 is 4.74 Å². The summed E-state index contributed by atoms with van der Waals surface area (Å²) in [5, 5.41) is 5.26. The van der Waals surface area contributed by atoms with Crippen LogP contribution in [0, 0.1) is 29.6 Å². The minimum Gasteiger partial charge on any atom is -0.494 e. The van der Waals surface area contributed by atoms with Crippen LogP contribution < -0.4 is 0 Å². The minimum atomic E-state index is 0.428. The molecule has 0 bridgehead atoms. The van der Waals surface area contributed by atoms with E-state index in [9.17, 15) is 0 Å². The fourth-order valence-corrected chi connectivity index (χ4v) is 9.52. The van der Waals surface area contributed by atoms with E-state index in [4.69, 9.17) is 4.74 Å². The molecule has 41 heavy (non-hydrogen) atoms. The second kappa shape index (κ2) is 9.48. The molecule has 4 aromatic rings. The van der Waals surface area contributed by atoms with Gasteiger partial charge in [-0.2, -0.15) is 0 Å². The van der Waals surface area contributed by atoms with Crippen molar-refractivity contribution < 1.29 is 4.74 Å². The van der Waals surface area contributed by atoms with Gasteiger partial charge in [0.1, 0.15) is 11.9 Å². The highest BCUT2D eigenvalue weighted by molar-refractivity contribution is 5.92. The van der Waals surface area contributed by atoms with Crippen LogP contribution in [0.25, 0.3) is 38.2 Å². The van der Waals surface area contributed by atoms with E-state index >= 15 is 0 Å². The molecule has 4 aliphatic carbocycles. The molecule has 6 unspecified atom stereocenters. The van der Waals surface area contributed by atoms with Crippen molar-refractivity contribution in [3.8, 4) is 11.1 Å². The molecule has 1 nitrogen and oxygen atoms in total. The van der Waals surface area contributed by atoms with Gasteiger partial charge in [0.15, 0.2) is 0 Å². The first-order valence-electron chi connectivity index (χ1n) is 16.1. The van der Waals surface area contributed by atoms with Gasteiger partial charge in [-0.1, -0.05) is 85.3 Å². The Morgan fingerprint density at radius 3 is 2.24 bits per heavy atom. The lowest BCUT2D eigenvalue weighted by Crippen LogP contribution is -2.51. The summed E-state index contributed by atoms with van der Waals surface area (Å²) in [6.07, 6.45) is 18.2. The summed E-state index contributed by atoms with van der Waals surface area (Å²) in [5.74, 6) is 5.19. The van der Waals surface area contributed by atoms with Gasteiger partial charge in [0.05, 0.1) is 0 Å². The van der Waals surface area contributed by atoms with E-state index in [0.29, 0.717) is 12.0 Å². The quantitative estimate of drug-likeness (QED) is 0.248. The van der Waals surface area contributed by atoms with Gasteiger partial charge in [0, 0.05) is 12.3 Å². The summed E-state index contributed by atoms with van der Waals surface area (Å²) in [6.45, 7) is 0. The smallest absolute Gasteiger partial charge is 0.102 e. The average molecular weight is 535 g/mol. The molecule has 0 radical (unpaired) electrons. The molecule has 2 saturated carbocycles. The van der Waals surface area contributed by atoms with Crippen molar-refractivity contribution in [1.82, 2.24) is 0 Å². The number of allylic oxidation sites excluding steroid dienone is 6. The van der Waals surface area contributed by atoms with Gasteiger partial charge in [-0.15, -0.1) is 0 Å². The van der Waals surface area contributed by atoms with Crippen molar-refractivity contribution in [1.29, 1.82) is 0 Å². The van der Waals surface area contributed by atoms with E-state index in [1.54, 1.807) is 11.1 Å². The van der Waals surface area contributed by atoms with E-state index in [-0.39, 0.29) is 0 Å². The lowest BCUT2D eigenvalue weighted by molar-refractivity contribution is -0.0950. The Labute approximate surface area is 243 Å². The van der Waals surface area contributed by atoms with Crippen LogP contribution in [0.5, 0.6) is 0 Å². The summed E-state index contributed by atoms with van der Waals surface area (Å²) < 4.78 is 6.85. The highest BCUT2D eigenvalue weighted by Gasteiger charge is 2.53. The maximum atomic E-state index is 6.85. The third-order valence-electron chi connectivity index (χ3n) is 11.4. The Balaban J connectivity index is 1.01. The lowest BCUT2D eigenvalue weighted by atomic mass is 9.53. The Morgan fingerprint density at radius 2 is 1.39 bits per heavy atom. The van der Waals surface area contributed by atoms with Crippen molar-refractivity contribution in [2.45, 2.75) is 57.5 Å². The largest absolute Gasteiger partial charge is 0.494 e.